The summed E-state index contributed by atoms with van der Waals surface area (Å²) >= 11 is 0. The van der Waals surface area contributed by atoms with Gasteiger partial charge in [-0.05, 0) is 67.5 Å². The molecule has 4 nitrogen and oxygen atoms in total. The zero-order valence-corrected chi connectivity index (χ0v) is 14.3. The van der Waals surface area contributed by atoms with Gasteiger partial charge in [-0.15, -0.1) is 17.5 Å². The van der Waals surface area contributed by atoms with E-state index in [1.165, 1.54) is 43.5 Å². The van der Waals surface area contributed by atoms with Crippen LogP contribution in [-0.2, 0) is 13.0 Å². The highest BCUT2D eigenvalue weighted by Gasteiger charge is 2.26. The van der Waals surface area contributed by atoms with Crippen molar-refractivity contribution in [1.29, 1.82) is 0 Å². The Kier molecular flexibility index (Phi) is 4.83. The van der Waals surface area contributed by atoms with E-state index >= 15 is 0 Å². The van der Waals surface area contributed by atoms with Gasteiger partial charge in [0.25, 0.3) is 0 Å². The van der Waals surface area contributed by atoms with Crippen LogP contribution in [0.25, 0.3) is 0 Å². The van der Waals surface area contributed by atoms with Gasteiger partial charge in [-0.25, -0.2) is 0 Å². The van der Waals surface area contributed by atoms with Gasteiger partial charge in [-0.1, -0.05) is 6.07 Å². The van der Waals surface area contributed by atoms with Gasteiger partial charge in [0.2, 0.25) is 0 Å². The second-order valence-electron chi connectivity index (χ2n) is 6.60. The molecule has 1 aromatic carbocycles. The predicted molar refractivity (Wildman–Crippen MR) is 95.4 cm³/mol. The summed E-state index contributed by atoms with van der Waals surface area (Å²) in [6, 6.07) is 10.6. The summed E-state index contributed by atoms with van der Waals surface area (Å²) in [6.45, 7) is 5.52. The summed E-state index contributed by atoms with van der Waals surface area (Å²) in [5.74, 6) is 1.77. The lowest BCUT2D eigenvalue weighted by atomic mass is 9.99. The van der Waals surface area contributed by atoms with E-state index in [1.54, 1.807) is 0 Å². The molecule has 2 aliphatic rings. The van der Waals surface area contributed by atoms with Crippen LogP contribution in [0.3, 0.4) is 0 Å². The first kappa shape index (κ1) is 16.2. The minimum atomic E-state index is 0. The minimum Gasteiger partial charge on any atom is -0.339 e. The molecule has 23 heavy (non-hydrogen) atoms. The molecule has 0 radical (unpaired) electrons. The second-order valence-corrected chi connectivity index (χ2v) is 6.60. The van der Waals surface area contributed by atoms with Crippen molar-refractivity contribution in [3.63, 3.8) is 0 Å². The third-order valence-corrected chi connectivity index (χ3v) is 4.58. The fraction of sp³-hybridized carbons (Fsp3) is 0.444. The van der Waals surface area contributed by atoms with E-state index in [1.807, 2.05) is 19.1 Å². The lowest BCUT2D eigenvalue weighted by Gasteiger charge is -2.29. The molecule has 0 unspecified atom stereocenters. The third-order valence-electron chi connectivity index (χ3n) is 4.58. The number of fused-ring (bicyclic) bond motifs is 1. The van der Waals surface area contributed by atoms with Gasteiger partial charge in [0, 0.05) is 25.3 Å². The van der Waals surface area contributed by atoms with E-state index in [4.69, 9.17) is 0 Å². The Morgan fingerprint density at radius 3 is 2.74 bits per heavy atom. The first-order chi connectivity index (χ1) is 10.8. The molecule has 1 fully saturated rings. The van der Waals surface area contributed by atoms with Crippen LogP contribution in [0.5, 0.6) is 0 Å². The fourth-order valence-corrected chi connectivity index (χ4v) is 3.13. The summed E-state index contributed by atoms with van der Waals surface area (Å²) < 4.78 is 0. The maximum atomic E-state index is 4.18. The fourth-order valence-electron chi connectivity index (χ4n) is 3.13. The Hall–Kier alpha value is -1.65. The van der Waals surface area contributed by atoms with E-state index in [0.29, 0.717) is 0 Å². The molecule has 0 atom stereocenters. The molecule has 0 saturated heterocycles. The van der Waals surface area contributed by atoms with Crippen molar-refractivity contribution in [2.45, 2.75) is 32.7 Å². The zero-order chi connectivity index (χ0) is 14.9. The van der Waals surface area contributed by atoms with Gasteiger partial charge >= 0.3 is 0 Å². The summed E-state index contributed by atoms with van der Waals surface area (Å²) in [6.07, 6.45) is 4.03. The van der Waals surface area contributed by atoms with E-state index < -0.39 is 0 Å². The van der Waals surface area contributed by atoms with Crippen molar-refractivity contribution in [3.05, 3.63) is 47.2 Å². The van der Waals surface area contributed by atoms with Crippen LogP contribution in [0.1, 0.15) is 29.7 Å². The molecule has 1 N–H and O–H groups in total. The number of aromatic nitrogens is 2. The largest absolute Gasteiger partial charge is 0.339 e. The van der Waals surface area contributed by atoms with Crippen LogP contribution < -0.4 is 5.32 Å². The van der Waals surface area contributed by atoms with Gasteiger partial charge in [0.15, 0.2) is 5.82 Å². The number of hydrogen-bond donors (Lipinski definition) is 1. The van der Waals surface area contributed by atoms with E-state index in [9.17, 15) is 0 Å². The van der Waals surface area contributed by atoms with Gasteiger partial charge in [0.1, 0.15) is 0 Å². The van der Waals surface area contributed by atoms with Gasteiger partial charge in [0.05, 0.1) is 5.69 Å². The Bertz CT molecular complexity index is 667. The molecule has 4 rings (SSSR count). The summed E-state index contributed by atoms with van der Waals surface area (Å²) in [5, 5.41) is 11.6. The van der Waals surface area contributed by atoms with E-state index in [-0.39, 0.29) is 12.4 Å². The monoisotopic (exact) mass is 330 g/mol. The number of rotatable bonds is 4. The highest BCUT2D eigenvalue weighted by atomic mass is 35.5. The number of halogens is 1. The quantitative estimate of drug-likeness (QED) is 0.927. The molecule has 122 valence electrons. The van der Waals surface area contributed by atoms with Crippen LogP contribution >= 0.6 is 12.4 Å². The standard InChI is InChI=1S/C18H22N4.ClH/c1-13-2-7-18(21-20-13)19-17-6-5-15-8-9-22(11-14-3-4-14)12-16(15)10-17;/h2,5-7,10,14H,3-4,8-9,11-12H2,1H3,(H,19,21);1H. The molecule has 5 heteroatoms. The highest BCUT2D eigenvalue weighted by molar-refractivity contribution is 5.85. The lowest BCUT2D eigenvalue weighted by molar-refractivity contribution is 0.244. The summed E-state index contributed by atoms with van der Waals surface area (Å²) in [7, 11) is 0. The van der Waals surface area contributed by atoms with Gasteiger partial charge < -0.3 is 5.32 Å². The van der Waals surface area contributed by atoms with Gasteiger partial charge in [-0.3, -0.25) is 4.90 Å². The zero-order valence-electron chi connectivity index (χ0n) is 13.5. The lowest BCUT2D eigenvalue weighted by Crippen LogP contribution is -2.32. The third kappa shape index (κ3) is 4.01. The first-order valence-corrected chi connectivity index (χ1v) is 8.18. The highest BCUT2D eigenvalue weighted by Crippen LogP contribution is 2.32. The SMILES string of the molecule is Cc1ccc(Nc2ccc3c(c2)CN(CC2CC2)CC3)nn1.Cl. The van der Waals surface area contributed by atoms with Crippen molar-refractivity contribution in [2.24, 2.45) is 5.92 Å². The first-order valence-electron chi connectivity index (χ1n) is 8.18. The molecule has 1 aliphatic carbocycles. The van der Waals surface area contributed by atoms with Crippen LogP contribution in [-0.4, -0.2) is 28.2 Å². The number of nitrogens with zero attached hydrogens (tertiary/aromatic N) is 3. The minimum absolute atomic E-state index is 0. The van der Waals surface area contributed by atoms with E-state index in [0.717, 1.165) is 29.7 Å². The number of aryl methyl sites for hydroxylation is 1. The van der Waals surface area contributed by atoms with Crippen LogP contribution in [0.15, 0.2) is 30.3 Å². The molecular formula is C18H23ClN4. The molecule has 0 bridgehead atoms. The predicted octanol–water partition coefficient (Wildman–Crippen LogP) is 3.72. The van der Waals surface area contributed by atoms with Crippen LogP contribution in [0, 0.1) is 12.8 Å². The Morgan fingerprint density at radius 1 is 1.13 bits per heavy atom. The van der Waals surface area contributed by atoms with Crippen molar-refractivity contribution in [2.75, 3.05) is 18.4 Å². The maximum absolute atomic E-state index is 4.18. The molecule has 0 amide bonds. The van der Waals surface area contributed by atoms with Crippen molar-refractivity contribution < 1.29 is 0 Å². The van der Waals surface area contributed by atoms with E-state index in [2.05, 4.69) is 38.6 Å². The Balaban J connectivity index is 0.00000156. The second kappa shape index (κ2) is 6.85. The number of nitrogens with one attached hydrogen (secondary N) is 1. The van der Waals surface area contributed by atoms with Crippen molar-refractivity contribution in [3.8, 4) is 0 Å². The molecular weight excluding hydrogens is 308 g/mol. The molecule has 2 aromatic rings. The molecule has 1 aliphatic heterocycles. The van der Waals surface area contributed by atoms with Crippen LogP contribution in [0.2, 0.25) is 0 Å². The average molecular weight is 331 g/mol. The number of anilines is 2. The molecule has 2 heterocycles. The maximum Gasteiger partial charge on any atom is 0.153 e. The molecule has 0 spiro atoms. The number of benzene rings is 1. The molecule has 1 saturated carbocycles. The Labute approximate surface area is 143 Å². The van der Waals surface area contributed by atoms with Crippen molar-refractivity contribution >= 4 is 23.9 Å². The Morgan fingerprint density at radius 2 is 2.00 bits per heavy atom. The number of hydrogen-bond acceptors (Lipinski definition) is 4. The molecule has 1 aromatic heterocycles. The van der Waals surface area contributed by atoms with Gasteiger partial charge in [-0.2, -0.15) is 5.10 Å². The van der Waals surface area contributed by atoms with Crippen LogP contribution in [0.4, 0.5) is 11.5 Å². The van der Waals surface area contributed by atoms with Crippen molar-refractivity contribution in [1.82, 2.24) is 15.1 Å². The summed E-state index contributed by atoms with van der Waals surface area (Å²) in [5.41, 5.74) is 4.99. The normalized spacial score (nSPS) is 17.3. The topological polar surface area (TPSA) is 41.0 Å². The smallest absolute Gasteiger partial charge is 0.153 e. The summed E-state index contributed by atoms with van der Waals surface area (Å²) in [4.78, 5) is 2.61. The average Bonchev–Trinajstić information content (AvgIpc) is 3.33.